The fraction of sp³-hybridized carbons (Fsp3) is 0. The molecule has 0 amide bonds. The zero-order valence-electron chi connectivity index (χ0n) is 11.3. The van der Waals surface area contributed by atoms with Crippen molar-refractivity contribution < 1.29 is 13.6 Å². The maximum absolute atomic E-state index is 14.1. The van der Waals surface area contributed by atoms with E-state index in [4.69, 9.17) is 10.0 Å². The molecule has 7 heteroatoms. The summed E-state index contributed by atoms with van der Waals surface area (Å²) in [6.07, 6.45) is 1.20. The summed E-state index contributed by atoms with van der Waals surface area (Å²) in [5.41, 5.74) is 1.86. The van der Waals surface area contributed by atoms with Crippen LogP contribution < -0.4 is 10.0 Å². The first-order valence-electron chi connectivity index (χ1n) is 6.39. The Hall–Kier alpha value is -2.35. The van der Waals surface area contributed by atoms with Crippen LogP contribution in [0, 0.1) is 5.82 Å². The Morgan fingerprint density at radius 2 is 1.77 bits per heavy atom. The van der Waals surface area contributed by atoms with Gasteiger partial charge in [0.05, 0.1) is 11.9 Å². The minimum Gasteiger partial charge on any atom is -0.324 e. The normalized spacial score (nSPS) is 10.6. The van der Waals surface area contributed by atoms with Crippen molar-refractivity contribution >= 4 is 12.2 Å². The lowest BCUT2D eigenvalue weighted by Gasteiger charge is -2.08. The summed E-state index contributed by atoms with van der Waals surface area (Å²) in [4.78, 5) is 4.90. The van der Waals surface area contributed by atoms with Crippen molar-refractivity contribution in [3.05, 3.63) is 66.6 Å². The van der Waals surface area contributed by atoms with Crippen LogP contribution in [-0.4, -0.2) is 9.78 Å². The van der Waals surface area contributed by atoms with E-state index in [2.05, 4.69) is 9.43 Å². The molecule has 0 aliphatic heterocycles. The standard InChI is InChI=1S/C15H12FN3O2S/c16-14-10-18-19(15(14)11-4-2-1-3-5-11)12-6-8-13(9-7-12)20-21-22-17/h1-10H,17H2. The van der Waals surface area contributed by atoms with E-state index in [0.29, 0.717) is 29.4 Å². The second-order valence-electron chi connectivity index (χ2n) is 4.36. The minimum atomic E-state index is -0.380. The van der Waals surface area contributed by atoms with Gasteiger partial charge < -0.3 is 4.89 Å². The SMILES string of the molecule is NSOOc1ccc(-n2ncc(F)c2-c2ccccc2)cc1. The zero-order chi connectivity index (χ0) is 15.4. The van der Waals surface area contributed by atoms with Crippen molar-refractivity contribution in [1.29, 1.82) is 0 Å². The third-order valence-corrected chi connectivity index (χ3v) is 3.17. The molecule has 3 aromatic rings. The summed E-state index contributed by atoms with van der Waals surface area (Å²) in [7, 11) is 0. The molecule has 0 fully saturated rings. The highest BCUT2D eigenvalue weighted by Gasteiger charge is 2.14. The first kappa shape index (κ1) is 14.6. The fourth-order valence-electron chi connectivity index (χ4n) is 2.08. The molecule has 0 unspecified atom stereocenters. The number of benzene rings is 2. The Morgan fingerprint density at radius 3 is 2.45 bits per heavy atom. The molecule has 1 aromatic heterocycles. The van der Waals surface area contributed by atoms with Crippen LogP contribution in [0.5, 0.6) is 5.75 Å². The summed E-state index contributed by atoms with van der Waals surface area (Å²) < 4.78 is 20.2. The van der Waals surface area contributed by atoms with Crippen LogP contribution in [-0.2, 0) is 4.33 Å². The lowest BCUT2D eigenvalue weighted by Crippen LogP contribution is -2.00. The third kappa shape index (κ3) is 2.96. The largest absolute Gasteiger partial charge is 0.324 e. The highest BCUT2D eigenvalue weighted by atomic mass is 32.2. The smallest absolute Gasteiger partial charge is 0.169 e. The van der Waals surface area contributed by atoms with Gasteiger partial charge in [-0.25, -0.2) is 9.07 Å². The van der Waals surface area contributed by atoms with Gasteiger partial charge in [-0.2, -0.15) is 5.10 Å². The summed E-state index contributed by atoms with van der Waals surface area (Å²) in [6.45, 7) is 0. The molecule has 0 bridgehead atoms. The average molecular weight is 317 g/mol. The number of aromatic nitrogens is 2. The molecule has 0 atom stereocenters. The van der Waals surface area contributed by atoms with Crippen LogP contribution in [0.15, 0.2) is 60.8 Å². The van der Waals surface area contributed by atoms with E-state index < -0.39 is 0 Å². The van der Waals surface area contributed by atoms with Crippen LogP contribution in [0.1, 0.15) is 0 Å². The van der Waals surface area contributed by atoms with E-state index in [-0.39, 0.29) is 5.82 Å². The predicted molar refractivity (Wildman–Crippen MR) is 82.4 cm³/mol. The summed E-state index contributed by atoms with van der Waals surface area (Å²) in [6, 6.07) is 16.1. The number of nitrogens with zero attached hydrogens (tertiary/aromatic N) is 2. The van der Waals surface area contributed by atoms with E-state index in [9.17, 15) is 4.39 Å². The maximum Gasteiger partial charge on any atom is 0.169 e. The first-order chi connectivity index (χ1) is 10.8. The lowest BCUT2D eigenvalue weighted by molar-refractivity contribution is -0.0777. The van der Waals surface area contributed by atoms with Crippen LogP contribution in [0.4, 0.5) is 4.39 Å². The Kier molecular flexibility index (Phi) is 4.38. The second kappa shape index (κ2) is 6.61. The van der Waals surface area contributed by atoms with Gasteiger partial charge in [-0.3, -0.25) is 5.14 Å². The van der Waals surface area contributed by atoms with Gasteiger partial charge in [0, 0.05) is 5.56 Å². The molecule has 2 aromatic carbocycles. The van der Waals surface area contributed by atoms with E-state index in [1.54, 1.807) is 24.3 Å². The molecule has 5 nitrogen and oxygen atoms in total. The molecule has 0 aliphatic carbocycles. The molecule has 0 aliphatic rings. The quantitative estimate of drug-likeness (QED) is 0.338. The van der Waals surface area contributed by atoms with Gasteiger partial charge in [0.25, 0.3) is 0 Å². The highest BCUT2D eigenvalue weighted by molar-refractivity contribution is 7.92. The van der Waals surface area contributed by atoms with Gasteiger partial charge in [0.2, 0.25) is 0 Å². The van der Waals surface area contributed by atoms with Crippen molar-refractivity contribution in [3.8, 4) is 22.7 Å². The van der Waals surface area contributed by atoms with Crippen LogP contribution in [0.3, 0.4) is 0 Å². The van der Waals surface area contributed by atoms with Crippen molar-refractivity contribution in [2.24, 2.45) is 5.14 Å². The molecule has 0 saturated carbocycles. The summed E-state index contributed by atoms with van der Waals surface area (Å²) >= 11 is 0.611. The molecule has 1 heterocycles. The molecule has 2 N–H and O–H groups in total. The van der Waals surface area contributed by atoms with E-state index in [1.165, 1.54) is 10.9 Å². The first-order valence-corrected chi connectivity index (χ1v) is 7.19. The molecule has 22 heavy (non-hydrogen) atoms. The molecular weight excluding hydrogens is 305 g/mol. The van der Waals surface area contributed by atoms with Gasteiger partial charge >= 0.3 is 0 Å². The minimum absolute atomic E-state index is 0.380. The Bertz CT molecular complexity index is 747. The monoisotopic (exact) mass is 317 g/mol. The molecule has 0 saturated heterocycles. The van der Waals surface area contributed by atoms with E-state index in [0.717, 1.165) is 5.56 Å². The van der Waals surface area contributed by atoms with Crippen molar-refractivity contribution in [2.45, 2.75) is 0 Å². The van der Waals surface area contributed by atoms with Crippen LogP contribution in [0.2, 0.25) is 0 Å². The maximum atomic E-state index is 14.1. The Morgan fingerprint density at radius 1 is 1.05 bits per heavy atom. The van der Waals surface area contributed by atoms with Gasteiger partial charge in [0.15, 0.2) is 11.6 Å². The van der Waals surface area contributed by atoms with Crippen molar-refractivity contribution in [1.82, 2.24) is 9.78 Å². The topological polar surface area (TPSA) is 62.3 Å². The van der Waals surface area contributed by atoms with Gasteiger partial charge in [-0.15, -0.1) is 0 Å². The number of hydrogen-bond acceptors (Lipinski definition) is 5. The molecule has 0 radical (unpaired) electrons. The number of rotatable bonds is 5. The molecule has 112 valence electrons. The molecule has 3 rings (SSSR count). The summed E-state index contributed by atoms with van der Waals surface area (Å²) in [5.74, 6) is 0.102. The van der Waals surface area contributed by atoms with E-state index >= 15 is 0 Å². The van der Waals surface area contributed by atoms with Crippen LogP contribution in [0.25, 0.3) is 16.9 Å². The zero-order valence-corrected chi connectivity index (χ0v) is 12.2. The number of nitrogens with two attached hydrogens (primary N) is 1. The molecular formula is C15H12FN3O2S. The summed E-state index contributed by atoms with van der Waals surface area (Å²) in [5, 5.41) is 9.20. The number of halogens is 1. The Balaban J connectivity index is 1.96. The lowest BCUT2D eigenvalue weighted by atomic mass is 10.1. The fourth-order valence-corrected chi connectivity index (χ4v) is 2.20. The van der Waals surface area contributed by atoms with Crippen molar-refractivity contribution in [2.75, 3.05) is 0 Å². The highest BCUT2D eigenvalue weighted by Crippen LogP contribution is 2.26. The number of hydrogen-bond donors (Lipinski definition) is 1. The van der Waals surface area contributed by atoms with Gasteiger partial charge in [-0.1, -0.05) is 34.7 Å². The van der Waals surface area contributed by atoms with E-state index in [1.807, 2.05) is 30.3 Å². The average Bonchev–Trinajstić information content (AvgIpc) is 2.96. The van der Waals surface area contributed by atoms with Gasteiger partial charge in [-0.05, 0) is 24.3 Å². The van der Waals surface area contributed by atoms with Crippen LogP contribution >= 0.6 is 12.2 Å². The van der Waals surface area contributed by atoms with Crippen molar-refractivity contribution in [3.63, 3.8) is 0 Å². The second-order valence-corrected chi connectivity index (χ2v) is 4.69. The van der Waals surface area contributed by atoms with Gasteiger partial charge in [0.1, 0.15) is 17.9 Å². The predicted octanol–water partition coefficient (Wildman–Crippen LogP) is 3.51. The Labute approximate surface area is 130 Å². The molecule has 0 spiro atoms. The third-order valence-electron chi connectivity index (χ3n) is 3.02.